The zero-order chi connectivity index (χ0) is 25.6. The molecule has 1 amide bonds. The lowest BCUT2D eigenvalue weighted by molar-refractivity contribution is -0.140. The summed E-state index contributed by atoms with van der Waals surface area (Å²) in [5, 5.41) is 10.9. The first kappa shape index (κ1) is 27.3. The number of rotatable bonds is 10. The van der Waals surface area contributed by atoms with Crippen LogP contribution in [0.3, 0.4) is 0 Å². The molecule has 0 saturated carbocycles. The molecule has 1 fully saturated rings. The van der Waals surface area contributed by atoms with E-state index in [1.807, 2.05) is 12.3 Å². The van der Waals surface area contributed by atoms with Gasteiger partial charge in [-0.25, -0.2) is 8.42 Å². The van der Waals surface area contributed by atoms with Crippen LogP contribution in [0.25, 0.3) is 0 Å². The van der Waals surface area contributed by atoms with E-state index >= 15 is 0 Å². The SMILES string of the molecule is COc1cc(C)c(S(=O)(=O)N(C)CCOCC(=O)N2CCC(O)(CC3C=CN=CC3)CC2)c(C)c1. The Morgan fingerprint density at radius 1 is 1.26 bits per heavy atom. The van der Waals surface area contributed by atoms with Crippen LogP contribution in [-0.4, -0.2) is 87.5 Å². The first-order chi connectivity index (χ1) is 16.6. The quantitative estimate of drug-likeness (QED) is 0.487. The van der Waals surface area contributed by atoms with Gasteiger partial charge < -0.3 is 19.5 Å². The summed E-state index contributed by atoms with van der Waals surface area (Å²) in [4.78, 5) is 18.6. The largest absolute Gasteiger partial charge is 0.497 e. The van der Waals surface area contributed by atoms with Crippen molar-refractivity contribution in [1.82, 2.24) is 9.21 Å². The van der Waals surface area contributed by atoms with Gasteiger partial charge in [0.25, 0.3) is 0 Å². The summed E-state index contributed by atoms with van der Waals surface area (Å²) >= 11 is 0. The van der Waals surface area contributed by atoms with E-state index in [4.69, 9.17) is 9.47 Å². The number of piperidine rings is 1. The number of nitrogens with zero attached hydrogens (tertiary/aromatic N) is 3. The maximum Gasteiger partial charge on any atom is 0.248 e. The topological polar surface area (TPSA) is 109 Å². The molecule has 0 spiro atoms. The van der Waals surface area contributed by atoms with Gasteiger partial charge in [-0.1, -0.05) is 6.08 Å². The van der Waals surface area contributed by atoms with Crippen molar-refractivity contribution < 1.29 is 27.8 Å². The normalized spacial score (nSPS) is 19.8. The summed E-state index contributed by atoms with van der Waals surface area (Å²) in [7, 11) is -0.664. The molecule has 0 aromatic heterocycles. The van der Waals surface area contributed by atoms with Crippen LogP contribution in [0.2, 0.25) is 0 Å². The Labute approximate surface area is 208 Å². The molecule has 0 aliphatic carbocycles. The van der Waals surface area contributed by atoms with E-state index < -0.39 is 15.6 Å². The van der Waals surface area contributed by atoms with Crippen LogP contribution in [0.15, 0.2) is 34.3 Å². The van der Waals surface area contributed by atoms with E-state index in [-0.39, 0.29) is 36.5 Å². The highest BCUT2D eigenvalue weighted by Gasteiger charge is 2.35. The first-order valence-electron chi connectivity index (χ1n) is 11.9. The standard InChI is InChI=1S/C25H37N3O6S/c1-19-15-22(33-4)16-20(2)24(19)35(31,32)27(3)13-14-34-18-23(29)28-11-7-25(30,8-12-28)17-21-5-9-26-10-6-21/h5,9-10,15-16,21,30H,6-8,11-14,17-18H2,1-4H3. The smallest absolute Gasteiger partial charge is 0.248 e. The highest BCUT2D eigenvalue weighted by atomic mass is 32.2. The molecular weight excluding hydrogens is 470 g/mol. The van der Waals surface area contributed by atoms with Gasteiger partial charge in [-0.05, 0) is 68.7 Å². The van der Waals surface area contributed by atoms with Crippen LogP contribution in [0.1, 0.15) is 36.8 Å². The Bertz CT molecular complexity index is 1040. The van der Waals surface area contributed by atoms with Crippen molar-refractivity contribution in [2.24, 2.45) is 10.9 Å². The number of aliphatic hydroxyl groups is 1. The van der Waals surface area contributed by atoms with Gasteiger partial charge in [0, 0.05) is 39.1 Å². The number of carbonyl (C=O) groups is 1. The molecular formula is C25H37N3O6S. The van der Waals surface area contributed by atoms with Gasteiger partial charge in [0.05, 0.1) is 24.2 Å². The molecule has 1 saturated heterocycles. The molecule has 9 nitrogen and oxygen atoms in total. The Hall–Kier alpha value is -2.27. The number of sulfonamides is 1. The molecule has 1 atom stereocenters. The molecule has 2 aliphatic rings. The number of likely N-dealkylation sites (tertiary alicyclic amines) is 1. The van der Waals surface area contributed by atoms with Crippen molar-refractivity contribution in [1.29, 1.82) is 0 Å². The van der Waals surface area contributed by atoms with E-state index in [0.29, 0.717) is 49.2 Å². The molecule has 1 N–H and O–H groups in total. The maximum absolute atomic E-state index is 13.1. The molecule has 1 unspecified atom stereocenters. The number of hydrogen-bond donors (Lipinski definition) is 1. The molecule has 194 valence electrons. The predicted molar refractivity (Wildman–Crippen MR) is 134 cm³/mol. The minimum atomic E-state index is -3.71. The van der Waals surface area contributed by atoms with Crippen molar-refractivity contribution in [3.05, 3.63) is 35.5 Å². The van der Waals surface area contributed by atoms with E-state index in [9.17, 15) is 18.3 Å². The third-order valence-corrected chi connectivity index (χ3v) is 8.92. The number of carbonyl (C=O) groups excluding carboxylic acids is 1. The van der Waals surface area contributed by atoms with Gasteiger partial charge in [-0.2, -0.15) is 4.31 Å². The molecule has 1 aromatic rings. The number of allylic oxidation sites excluding steroid dienone is 1. The number of ether oxygens (including phenoxy) is 2. The van der Waals surface area contributed by atoms with Crippen LogP contribution in [-0.2, 0) is 19.6 Å². The highest BCUT2D eigenvalue weighted by Crippen LogP contribution is 2.31. The van der Waals surface area contributed by atoms with E-state index in [1.165, 1.54) is 11.4 Å². The van der Waals surface area contributed by atoms with Gasteiger partial charge in [0.2, 0.25) is 15.9 Å². The Morgan fingerprint density at radius 3 is 2.49 bits per heavy atom. The predicted octanol–water partition coefficient (Wildman–Crippen LogP) is 2.30. The zero-order valence-electron chi connectivity index (χ0n) is 21.1. The van der Waals surface area contributed by atoms with Crippen molar-refractivity contribution in [2.75, 3.05) is 47.0 Å². The first-order valence-corrected chi connectivity index (χ1v) is 13.4. The number of methoxy groups -OCH3 is 1. The summed E-state index contributed by atoms with van der Waals surface area (Å²) in [6.45, 7) is 4.55. The minimum Gasteiger partial charge on any atom is -0.497 e. The summed E-state index contributed by atoms with van der Waals surface area (Å²) in [5.41, 5.74) is 0.456. The lowest BCUT2D eigenvalue weighted by Crippen LogP contribution is -2.48. The second-order valence-corrected chi connectivity index (χ2v) is 11.4. The number of aliphatic imine (C=N–C) groups is 1. The Balaban J connectivity index is 1.43. The average molecular weight is 508 g/mol. The monoisotopic (exact) mass is 507 g/mol. The van der Waals surface area contributed by atoms with Gasteiger partial charge in [-0.15, -0.1) is 0 Å². The molecule has 0 radical (unpaired) electrons. The van der Waals surface area contributed by atoms with Gasteiger partial charge >= 0.3 is 0 Å². The second-order valence-electron chi connectivity index (χ2n) is 9.45. The average Bonchev–Trinajstić information content (AvgIpc) is 2.81. The van der Waals surface area contributed by atoms with E-state index in [2.05, 4.69) is 4.99 Å². The molecule has 2 heterocycles. The van der Waals surface area contributed by atoms with Crippen LogP contribution in [0.5, 0.6) is 5.75 Å². The molecule has 0 bridgehead atoms. The fourth-order valence-corrected chi connectivity index (χ4v) is 6.24. The minimum absolute atomic E-state index is 0.100. The summed E-state index contributed by atoms with van der Waals surface area (Å²) < 4.78 is 38.1. The maximum atomic E-state index is 13.1. The van der Waals surface area contributed by atoms with Gasteiger partial charge in [0.1, 0.15) is 12.4 Å². The molecule has 10 heteroatoms. The molecule has 2 aliphatic heterocycles. The Kier molecular flexibility index (Phi) is 9.09. The fraction of sp³-hybridized carbons (Fsp3) is 0.600. The summed E-state index contributed by atoms with van der Waals surface area (Å²) in [6.07, 6.45) is 8.22. The molecule has 35 heavy (non-hydrogen) atoms. The zero-order valence-corrected chi connectivity index (χ0v) is 21.9. The summed E-state index contributed by atoms with van der Waals surface area (Å²) in [5.74, 6) is 0.742. The lowest BCUT2D eigenvalue weighted by atomic mass is 9.81. The summed E-state index contributed by atoms with van der Waals surface area (Å²) in [6, 6.07) is 3.39. The Morgan fingerprint density at radius 2 is 1.91 bits per heavy atom. The van der Waals surface area contributed by atoms with Crippen molar-refractivity contribution >= 4 is 22.1 Å². The van der Waals surface area contributed by atoms with Crippen molar-refractivity contribution in [3.63, 3.8) is 0 Å². The number of aryl methyl sites for hydroxylation is 2. The van der Waals surface area contributed by atoms with E-state index in [1.54, 1.807) is 44.2 Å². The van der Waals surface area contributed by atoms with Crippen LogP contribution >= 0.6 is 0 Å². The van der Waals surface area contributed by atoms with Gasteiger partial charge in [0.15, 0.2) is 0 Å². The number of likely N-dealkylation sites (N-methyl/N-ethyl adjacent to an activating group) is 1. The van der Waals surface area contributed by atoms with Crippen molar-refractivity contribution in [3.8, 4) is 5.75 Å². The van der Waals surface area contributed by atoms with E-state index in [0.717, 1.165) is 6.42 Å². The van der Waals surface area contributed by atoms with Crippen molar-refractivity contribution in [2.45, 2.75) is 50.0 Å². The number of amides is 1. The number of hydrogen-bond acceptors (Lipinski definition) is 7. The van der Waals surface area contributed by atoms with Crippen LogP contribution < -0.4 is 4.74 Å². The molecule has 3 rings (SSSR count). The third kappa shape index (κ3) is 6.91. The van der Waals surface area contributed by atoms with Crippen LogP contribution in [0, 0.1) is 19.8 Å². The fourth-order valence-electron chi connectivity index (χ4n) is 4.68. The van der Waals surface area contributed by atoms with Gasteiger partial charge in [-0.3, -0.25) is 9.79 Å². The second kappa shape index (κ2) is 11.6. The lowest BCUT2D eigenvalue weighted by Gasteiger charge is -2.39. The van der Waals surface area contributed by atoms with Crippen LogP contribution in [0.4, 0.5) is 0 Å². The highest BCUT2D eigenvalue weighted by molar-refractivity contribution is 7.89. The third-order valence-electron chi connectivity index (χ3n) is 6.76. The molecule has 1 aromatic carbocycles. The number of benzene rings is 1.